The summed E-state index contributed by atoms with van der Waals surface area (Å²) in [5.74, 6) is -0.125. The van der Waals surface area contributed by atoms with Gasteiger partial charge in [0.15, 0.2) is 0 Å². The molecule has 0 aromatic heterocycles. The van der Waals surface area contributed by atoms with E-state index in [2.05, 4.69) is 60.4 Å². The lowest BCUT2D eigenvalue weighted by Gasteiger charge is -2.50. The molecule has 0 spiro atoms. The number of hydrogen-bond acceptors (Lipinski definition) is 3. The molecule has 3 rings (SSSR count). The third-order valence-corrected chi connectivity index (χ3v) is 4.88. The van der Waals surface area contributed by atoms with Crippen molar-refractivity contribution < 1.29 is 9.53 Å². The highest BCUT2D eigenvalue weighted by Crippen LogP contribution is 2.37. The van der Waals surface area contributed by atoms with Gasteiger partial charge in [-0.2, -0.15) is 0 Å². The standard InChI is InChI=1S/C22H27NO2/c1-16-19(25-21(24)22(2,3)4)15-23(16)20(17-11-7-5-8-12-17)18-13-9-6-10-14-18/h5-14,16,19-20H,15H2,1-4H3/t16-,19+/m0/s1. The van der Waals surface area contributed by atoms with E-state index in [-0.39, 0.29) is 24.2 Å². The number of benzene rings is 2. The summed E-state index contributed by atoms with van der Waals surface area (Å²) in [7, 11) is 0. The van der Waals surface area contributed by atoms with Crippen LogP contribution in [-0.2, 0) is 9.53 Å². The van der Waals surface area contributed by atoms with Gasteiger partial charge in [0.05, 0.1) is 11.5 Å². The second kappa shape index (κ2) is 7.01. The monoisotopic (exact) mass is 337 g/mol. The predicted octanol–water partition coefficient (Wildman–Crippen LogP) is 4.44. The van der Waals surface area contributed by atoms with Crippen LogP contribution in [0.4, 0.5) is 0 Å². The van der Waals surface area contributed by atoms with E-state index in [0.717, 1.165) is 6.54 Å². The van der Waals surface area contributed by atoms with Gasteiger partial charge in [-0.15, -0.1) is 0 Å². The maximum atomic E-state index is 12.2. The Hall–Kier alpha value is -2.13. The molecule has 0 unspecified atom stereocenters. The molecule has 3 heteroatoms. The lowest BCUT2D eigenvalue weighted by Crippen LogP contribution is -2.61. The van der Waals surface area contributed by atoms with Gasteiger partial charge in [-0.25, -0.2) is 0 Å². The molecule has 2 aromatic carbocycles. The first-order valence-corrected chi connectivity index (χ1v) is 8.94. The van der Waals surface area contributed by atoms with Gasteiger partial charge in [-0.1, -0.05) is 60.7 Å². The van der Waals surface area contributed by atoms with Gasteiger partial charge >= 0.3 is 5.97 Å². The lowest BCUT2D eigenvalue weighted by atomic mass is 9.89. The Bertz CT molecular complexity index is 666. The molecular weight excluding hydrogens is 310 g/mol. The normalized spacial score (nSPS) is 21.0. The molecule has 1 saturated heterocycles. The Morgan fingerprint density at radius 3 is 1.88 bits per heavy atom. The number of rotatable bonds is 4. The maximum absolute atomic E-state index is 12.2. The van der Waals surface area contributed by atoms with Crippen molar-refractivity contribution in [3.05, 3.63) is 71.8 Å². The molecule has 1 fully saturated rings. The smallest absolute Gasteiger partial charge is 0.311 e. The van der Waals surface area contributed by atoms with E-state index in [1.165, 1.54) is 11.1 Å². The molecule has 0 aliphatic carbocycles. The molecule has 1 aliphatic rings. The third-order valence-electron chi connectivity index (χ3n) is 4.88. The van der Waals surface area contributed by atoms with E-state index in [4.69, 9.17) is 4.74 Å². The Morgan fingerprint density at radius 2 is 1.48 bits per heavy atom. The Morgan fingerprint density at radius 1 is 1.00 bits per heavy atom. The van der Waals surface area contributed by atoms with Crippen LogP contribution in [0, 0.1) is 5.41 Å². The molecule has 0 saturated carbocycles. The second-order valence-electron chi connectivity index (χ2n) is 7.86. The van der Waals surface area contributed by atoms with Crippen molar-refractivity contribution in [2.45, 2.75) is 45.9 Å². The molecule has 132 valence electrons. The minimum atomic E-state index is -0.460. The number of carbonyl (C=O) groups excluding carboxylic acids is 1. The van der Waals surface area contributed by atoms with Crippen molar-refractivity contribution >= 4 is 5.97 Å². The zero-order valence-electron chi connectivity index (χ0n) is 15.5. The highest BCUT2D eigenvalue weighted by atomic mass is 16.5. The Kier molecular flexibility index (Phi) is 4.96. The van der Waals surface area contributed by atoms with Crippen LogP contribution in [0.5, 0.6) is 0 Å². The third kappa shape index (κ3) is 3.77. The van der Waals surface area contributed by atoms with Crippen molar-refractivity contribution in [2.75, 3.05) is 6.54 Å². The zero-order chi connectivity index (χ0) is 18.0. The number of esters is 1. The zero-order valence-corrected chi connectivity index (χ0v) is 15.5. The summed E-state index contributed by atoms with van der Waals surface area (Å²) in [6, 6.07) is 21.4. The summed E-state index contributed by atoms with van der Waals surface area (Å²) >= 11 is 0. The summed E-state index contributed by atoms with van der Waals surface area (Å²) in [6.45, 7) is 8.59. The summed E-state index contributed by atoms with van der Waals surface area (Å²) in [5, 5.41) is 0. The number of hydrogen-bond donors (Lipinski definition) is 0. The van der Waals surface area contributed by atoms with Crippen LogP contribution in [0.2, 0.25) is 0 Å². The fraction of sp³-hybridized carbons (Fsp3) is 0.409. The van der Waals surface area contributed by atoms with Crippen molar-refractivity contribution in [1.82, 2.24) is 4.90 Å². The fourth-order valence-electron chi connectivity index (χ4n) is 3.24. The average Bonchev–Trinajstić information content (AvgIpc) is 2.61. The van der Waals surface area contributed by atoms with Crippen LogP contribution >= 0.6 is 0 Å². The van der Waals surface area contributed by atoms with E-state index >= 15 is 0 Å². The summed E-state index contributed by atoms with van der Waals surface area (Å²) in [6.07, 6.45) is -0.0401. The van der Waals surface area contributed by atoms with Crippen molar-refractivity contribution in [3.63, 3.8) is 0 Å². The molecule has 0 amide bonds. The molecule has 0 bridgehead atoms. The van der Waals surface area contributed by atoms with Gasteiger partial charge in [0.25, 0.3) is 0 Å². The number of likely N-dealkylation sites (tertiary alicyclic amines) is 1. The molecule has 3 nitrogen and oxygen atoms in total. The molecule has 25 heavy (non-hydrogen) atoms. The topological polar surface area (TPSA) is 29.5 Å². The Balaban J connectivity index is 1.79. The fourth-order valence-corrected chi connectivity index (χ4v) is 3.24. The minimum absolute atomic E-state index is 0.0401. The van der Waals surface area contributed by atoms with E-state index in [1.807, 2.05) is 32.9 Å². The van der Waals surface area contributed by atoms with Crippen molar-refractivity contribution in [1.29, 1.82) is 0 Å². The van der Waals surface area contributed by atoms with Crippen LogP contribution in [0.15, 0.2) is 60.7 Å². The van der Waals surface area contributed by atoms with Crippen LogP contribution < -0.4 is 0 Å². The molecule has 2 atom stereocenters. The highest BCUT2D eigenvalue weighted by Gasteiger charge is 2.44. The van der Waals surface area contributed by atoms with Gasteiger partial charge in [0.2, 0.25) is 0 Å². The minimum Gasteiger partial charge on any atom is -0.459 e. The van der Waals surface area contributed by atoms with Crippen LogP contribution in [-0.4, -0.2) is 29.6 Å². The van der Waals surface area contributed by atoms with E-state index in [1.54, 1.807) is 0 Å². The van der Waals surface area contributed by atoms with Gasteiger partial charge in [0.1, 0.15) is 6.10 Å². The molecular formula is C22H27NO2. The highest BCUT2D eigenvalue weighted by molar-refractivity contribution is 5.75. The lowest BCUT2D eigenvalue weighted by molar-refractivity contribution is -0.176. The predicted molar refractivity (Wildman–Crippen MR) is 100 cm³/mol. The Labute approximate surface area is 150 Å². The van der Waals surface area contributed by atoms with Gasteiger partial charge in [-0.05, 0) is 38.8 Å². The van der Waals surface area contributed by atoms with E-state index in [9.17, 15) is 4.79 Å². The molecule has 0 N–H and O–H groups in total. The molecule has 1 heterocycles. The first kappa shape index (κ1) is 17.7. The van der Waals surface area contributed by atoms with Crippen LogP contribution in [0.1, 0.15) is 44.9 Å². The van der Waals surface area contributed by atoms with Gasteiger partial charge in [0, 0.05) is 12.6 Å². The number of carbonyl (C=O) groups is 1. The summed E-state index contributed by atoms with van der Waals surface area (Å²) in [5.41, 5.74) is 2.07. The first-order chi connectivity index (χ1) is 11.9. The van der Waals surface area contributed by atoms with Crippen LogP contribution in [0.25, 0.3) is 0 Å². The van der Waals surface area contributed by atoms with Crippen molar-refractivity contribution in [3.8, 4) is 0 Å². The average molecular weight is 337 g/mol. The molecule has 2 aromatic rings. The summed E-state index contributed by atoms with van der Waals surface area (Å²) in [4.78, 5) is 14.6. The van der Waals surface area contributed by atoms with Crippen molar-refractivity contribution in [2.24, 2.45) is 5.41 Å². The number of nitrogens with zero attached hydrogens (tertiary/aromatic N) is 1. The SMILES string of the molecule is C[C@H]1[C@H](OC(=O)C(C)(C)C)CN1C(c1ccccc1)c1ccccc1. The van der Waals surface area contributed by atoms with Crippen LogP contribution in [0.3, 0.4) is 0 Å². The second-order valence-corrected chi connectivity index (χ2v) is 7.86. The maximum Gasteiger partial charge on any atom is 0.311 e. The molecule has 1 aliphatic heterocycles. The summed E-state index contributed by atoms with van der Waals surface area (Å²) < 4.78 is 5.73. The van der Waals surface area contributed by atoms with Gasteiger partial charge < -0.3 is 4.74 Å². The molecule has 0 radical (unpaired) electrons. The quantitative estimate of drug-likeness (QED) is 0.773. The van der Waals surface area contributed by atoms with E-state index < -0.39 is 5.41 Å². The van der Waals surface area contributed by atoms with Gasteiger partial charge in [-0.3, -0.25) is 9.69 Å². The first-order valence-electron chi connectivity index (χ1n) is 8.94. The largest absolute Gasteiger partial charge is 0.459 e. The van der Waals surface area contributed by atoms with E-state index in [0.29, 0.717) is 0 Å². The number of ether oxygens (including phenoxy) is 1.